The van der Waals surface area contributed by atoms with Crippen LogP contribution in [0.1, 0.15) is 32.5 Å². The van der Waals surface area contributed by atoms with Gasteiger partial charge in [-0.15, -0.1) is 0 Å². The van der Waals surface area contributed by atoms with Crippen molar-refractivity contribution in [3.63, 3.8) is 0 Å². The molecule has 1 N–H and O–H groups in total. The number of rotatable bonds is 7. The van der Waals surface area contributed by atoms with Gasteiger partial charge in [-0.1, -0.05) is 20.8 Å². The molecule has 2 unspecified atom stereocenters. The highest BCUT2D eigenvalue weighted by atomic mass is 79.9. The van der Waals surface area contributed by atoms with Crippen molar-refractivity contribution in [2.24, 2.45) is 5.41 Å². The monoisotopic (exact) mass is 360 g/mol. The van der Waals surface area contributed by atoms with Crippen LogP contribution in [0.25, 0.3) is 0 Å². The third-order valence-corrected chi connectivity index (χ3v) is 4.22. The molecule has 0 saturated carbocycles. The Morgan fingerprint density at radius 2 is 2.05 bits per heavy atom. The lowest BCUT2D eigenvalue weighted by atomic mass is 9.83. The Morgan fingerprint density at radius 1 is 1.43 bits per heavy atom. The highest BCUT2D eigenvalue weighted by Gasteiger charge is 2.35. The topological polar surface area (TPSA) is 42.3 Å². The molecule has 0 aliphatic rings. The smallest absolute Gasteiger partial charge is 0.0829 e. The van der Waals surface area contributed by atoms with Crippen LogP contribution in [0.15, 0.2) is 10.7 Å². The molecule has 2 atom stereocenters. The van der Waals surface area contributed by atoms with E-state index < -0.39 is 0 Å². The van der Waals surface area contributed by atoms with Crippen molar-refractivity contribution in [2.75, 3.05) is 34.8 Å². The second kappa shape index (κ2) is 7.72. The van der Waals surface area contributed by atoms with E-state index in [0.29, 0.717) is 0 Å². The SMILES string of the molecule is CNC(c1c(Br)cnn1CCN(C)C)C(OC)C(C)(C)C. The Balaban J connectivity index is 3.12. The quantitative estimate of drug-likeness (QED) is 0.811. The van der Waals surface area contributed by atoms with Crippen molar-refractivity contribution < 1.29 is 4.74 Å². The highest BCUT2D eigenvalue weighted by Crippen LogP contribution is 2.35. The van der Waals surface area contributed by atoms with Gasteiger partial charge < -0.3 is 15.0 Å². The Labute approximate surface area is 137 Å². The van der Waals surface area contributed by atoms with E-state index in [2.05, 4.69) is 70.8 Å². The molecule has 0 bridgehead atoms. The van der Waals surface area contributed by atoms with E-state index in [9.17, 15) is 0 Å². The van der Waals surface area contributed by atoms with Gasteiger partial charge in [0.1, 0.15) is 0 Å². The minimum absolute atomic E-state index is 0.0263. The lowest BCUT2D eigenvalue weighted by molar-refractivity contribution is -0.0124. The summed E-state index contributed by atoms with van der Waals surface area (Å²) in [6, 6.07) is 0.0778. The normalized spacial score (nSPS) is 15.5. The van der Waals surface area contributed by atoms with Crippen molar-refractivity contribution in [3.8, 4) is 0 Å². The maximum Gasteiger partial charge on any atom is 0.0829 e. The van der Waals surface area contributed by atoms with Gasteiger partial charge in [0.15, 0.2) is 0 Å². The number of nitrogens with zero attached hydrogens (tertiary/aromatic N) is 3. The number of hydrogen-bond acceptors (Lipinski definition) is 4. The largest absolute Gasteiger partial charge is 0.379 e. The molecular formula is C15H29BrN4O. The predicted molar refractivity (Wildman–Crippen MR) is 90.5 cm³/mol. The van der Waals surface area contributed by atoms with Crippen LogP contribution < -0.4 is 5.32 Å². The fourth-order valence-electron chi connectivity index (χ4n) is 2.58. The van der Waals surface area contributed by atoms with E-state index in [0.717, 1.165) is 23.3 Å². The zero-order chi connectivity index (χ0) is 16.2. The number of hydrogen-bond donors (Lipinski definition) is 1. The Bertz CT molecular complexity index is 439. The van der Waals surface area contributed by atoms with Crippen LogP contribution in [0.5, 0.6) is 0 Å². The zero-order valence-electron chi connectivity index (χ0n) is 14.3. The summed E-state index contributed by atoms with van der Waals surface area (Å²) in [4.78, 5) is 2.16. The maximum absolute atomic E-state index is 5.79. The molecule has 6 heteroatoms. The molecule has 1 aromatic heterocycles. The molecule has 21 heavy (non-hydrogen) atoms. The average molecular weight is 361 g/mol. The zero-order valence-corrected chi connectivity index (χ0v) is 15.9. The highest BCUT2D eigenvalue weighted by molar-refractivity contribution is 9.10. The first-order valence-electron chi connectivity index (χ1n) is 7.28. The van der Waals surface area contributed by atoms with Gasteiger partial charge in [0.2, 0.25) is 0 Å². The molecule has 0 fully saturated rings. The molecule has 1 heterocycles. The van der Waals surface area contributed by atoms with Gasteiger partial charge in [-0.3, -0.25) is 4.68 Å². The number of ether oxygens (including phenoxy) is 1. The fraction of sp³-hybridized carbons (Fsp3) is 0.800. The van der Waals surface area contributed by atoms with Gasteiger partial charge in [0.05, 0.1) is 35.1 Å². The van der Waals surface area contributed by atoms with Gasteiger partial charge in [-0.2, -0.15) is 5.10 Å². The van der Waals surface area contributed by atoms with Crippen molar-refractivity contribution in [3.05, 3.63) is 16.4 Å². The minimum Gasteiger partial charge on any atom is -0.379 e. The summed E-state index contributed by atoms with van der Waals surface area (Å²) in [6.45, 7) is 8.39. The molecule has 122 valence electrons. The predicted octanol–water partition coefficient (Wildman–Crippen LogP) is 2.53. The third kappa shape index (κ3) is 4.77. The summed E-state index contributed by atoms with van der Waals surface area (Å²) < 4.78 is 8.87. The first-order chi connectivity index (χ1) is 9.72. The molecule has 0 amide bonds. The molecule has 0 aromatic carbocycles. The summed E-state index contributed by atoms with van der Waals surface area (Å²) in [6.07, 6.45) is 1.92. The van der Waals surface area contributed by atoms with Crippen molar-refractivity contribution >= 4 is 15.9 Å². The van der Waals surface area contributed by atoms with Crippen LogP contribution in [-0.4, -0.2) is 55.6 Å². The summed E-state index contributed by atoms with van der Waals surface area (Å²) in [5.74, 6) is 0. The summed E-state index contributed by atoms with van der Waals surface area (Å²) >= 11 is 3.64. The molecule has 0 radical (unpaired) electrons. The van der Waals surface area contributed by atoms with E-state index in [4.69, 9.17) is 4.74 Å². The second-order valence-electron chi connectivity index (χ2n) is 6.69. The molecule has 0 saturated heterocycles. The van der Waals surface area contributed by atoms with Gasteiger partial charge in [-0.25, -0.2) is 0 Å². The summed E-state index contributed by atoms with van der Waals surface area (Å²) in [5, 5.41) is 7.90. The molecule has 0 aliphatic carbocycles. The number of halogens is 1. The van der Waals surface area contributed by atoms with Gasteiger partial charge in [0, 0.05) is 13.7 Å². The van der Waals surface area contributed by atoms with Crippen LogP contribution in [0.4, 0.5) is 0 Å². The van der Waals surface area contributed by atoms with Crippen LogP contribution in [0.3, 0.4) is 0 Å². The van der Waals surface area contributed by atoms with E-state index >= 15 is 0 Å². The van der Waals surface area contributed by atoms with Crippen LogP contribution >= 0.6 is 15.9 Å². The van der Waals surface area contributed by atoms with Crippen molar-refractivity contribution in [1.82, 2.24) is 20.0 Å². The Hall–Kier alpha value is -0.430. The van der Waals surface area contributed by atoms with Crippen molar-refractivity contribution in [1.29, 1.82) is 0 Å². The molecule has 5 nitrogen and oxygen atoms in total. The molecular weight excluding hydrogens is 332 g/mol. The van der Waals surface area contributed by atoms with E-state index in [-0.39, 0.29) is 17.6 Å². The average Bonchev–Trinajstić information content (AvgIpc) is 2.73. The Morgan fingerprint density at radius 3 is 2.48 bits per heavy atom. The van der Waals surface area contributed by atoms with E-state index in [1.165, 1.54) is 0 Å². The molecule has 0 aliphatic heterocycles. The Kier molecular flexibility index (Phi) is 6.84. The number of nitrogens with one attached hydrogen (secondary N) is 1. The van der Waals surface area contributed by atoms with Gasteiger partial charge in [-0.05, 0) is 42.5 Å². The van der Waals surface area contributed by atoms with Gasteiger partial charge in [0.25, 0.3) is 0 Å². The number of likely N-dealkylation sites (N-methyl/N-ethyl adjacent to an activating group) is 2. The maximum atomic E-state index is 5.79. The van der Waals surface area contributed by atoms with Gasteiger partial charge >= 0.3 is 0 Å². The fourth-order valence-corrected chi connectivity index (χ4v) is 3.12. The minimum atomic E-state index is 0.0263. The molecule has 1 aromatic rings. The lowest BCUT2D eigenvalue weighted by Gasteiger charge is -2.36. The second-order valence-corrected chi connectivity index (χ2v) is 7.55. The number of aromatic nitrogens is 2. The third-order valence-electron chi connectivity index (χ3n) is 3.61. The van der Waals surface area contributed by atoms with Crippen LogP contribution in [0.2, 0.25) is 0 Å². The first-order valence-corrected chi connectivity index (χ1v) is 8.07. The van der Waals surface area contributed by atoms with Crippen molar-refractivity contribution in [2.45, 2.75) is 39.5 Å². The van der Waals surface area contributed by atoms with Crippen LogP contribution in [-0.2, 0) is 11.3 Å². The summed E-state index contributed by atoms with van der Waals surface area (Å²) in [7, 11) is 7.88. The number of methoxy groups -OCH3 is 1. The first kappa shape index (κ1) is 18.6. The molecule has 0 spiro atoms. The molecule has 1 rings (SSSR count). The summed E-state index contributed by atoms with van der Waals surface area (Å²) in [5.41, 5.74) is 1.17. The standard InChI is InChI=1S/C15H29BrN4O/c1-15(2,3)14(21-7)12(17-4)13-11(16)10-18-20(13)9-8-19(5)6/h10,12,14,17H,8-9H2,1-7H3. The van der Waals surface area contributed by atoms with E-state index in [1.807, 2.05) is 13.2 Å². The van der Waals surface area contributed by atoms with E-state index in [1.54, 1.807) is 7.11 Å². The van der Waals surface area contributed by atoms with Crippen LogP contribution in [0, 0.1) is 5.41 Å². The lowest BCUT2D eigenvalue weighted by Crippen LogP contribution is -2.41.